The molecule has 1 aromatic carbocycles. The van der Waals surface area contributed by atoms with Gasteiger partial charge in [-0.3, -0.25) is 0 Å². The van der Waals surface area contributed by atoms with Crippen molar-refractivity contribution in [2.45, 2.75) is 52.4 Å². The molecule has 19 heavy (non-hydrogen) atoms. The number of hydrogen-bond donors (Lipinski definition) is 0. The molecule has 0 atom stereocenters. The van der Waals surface area contributed by atoms with Crippen molar-refractivity contribution in [3.63, 3.8) is 0 Å². The Morgan fingerprint density at radius 3 is 2.32 bits per heavy atom. The summed E-state index contributed by atoms with van der Waals surface area (Å²) >= 11 is 0. The molecule has 1 aromatic heterocycles. The van der Waals surface area contributed by atoms with E-state index in [1.165, 1.54) is 37.1 Å². The third kappa shape index (κ3) is 3.43. The Kier molecular flexibility index (Phi) is 5.13. The van der Waals surface area contributed by atoms with Crippen LogP contribution in [0.4, 0.5) is 0 Å². The highest BCUT2D eigenvalue weighted by atomic mass is 15.4. The molecular weight excluding hydrogens is 234 g/mol. The summed E-state index contributed by atoms with van der Waals surface area (Å²) in [6.07, 6.45) is 6.89. The summed E-state index contributed by atoms with van der Waals surface area (Å²) in [5.41, 5.74) is 3.59. The summed E-state index contributed by atoms with van der Waals surface area (Å²) in [6.45, 7) is 4.44. The molecule has 0 amide bonds. The summed E-state index contributed by atoms with van der Waals surface area (Å²) in [6, 6.07) is 10.3. The third-order valence-electron chi connectivity index (χ3n) is 3.38. The van der Waals surface area contributed by atoms with E-state index in [0.717, 1.165) is 18.5 Å². The van der Waals surface area contributed by atoms with Gasteiger partial charge in [-0.1, -0.05) is 50.1 Å². The molecule has 2 rings (SSSR count). The molecule has 102 valence electrons. The van der Waals surface area contributed by atoms with Crippen molar-refractivity contribution in [3.05, 3.63) is 41.7 Å². The molecule has 0 radical (unpaired) electrons. The van der Waals surface area contributed by atoms with E-state index >= 15 is 0 Å². The first-order valence-corrected chi connectivity index (χ1v) is 7.35. The number of benzene rings is 1. The van der Waals surface area contributed by atoms with Crippen molar-refractivity contribution < 1.29 is 0 Å². The Balaban J connectivity index is 2.29. The van der Waals surface area contributed by atoms with E-state index in [4.69, 9.17) is 0 Å². The van der Waals surface area contributed by atoms with E-state index < -0.39 is 0 Å². The molecule has 0 unspecified atom stereocenters. The lowest BCUT2D eigenvalue weighted by atomic mass is 10.1. The van der Waals surface area contributed by atoms with Gasteiger partial charge in [-0.05, 0) is 37.8 Å². The van der Waals surface area contributed by atoms with Crippen LogP contribution < -0.4 is 0 Å². The zero-order valence-corrected chi connectivity index (χ0v) is 12.0. The van der Waals surface area contributed by atoms with Crippen LogP contribution in [0, 0.1) is 0 Å². The molecule has 0 bridgehead atoms. The number of unbranched alkanes of at least 4 members (excludes halogenated alkanes) is 2. The Morgan fingerprint density at radius 2 is 1.63 bits per heavy atom. The van der Waals surface area contributed by atoms with Gasteiger partial charge >= 0.3 is 0 Å². The minimum Gasteiger partial charge on any atom is -0.217 e. The molecule has 0 saturated carbocycles. The zero-order valence-electron chi connectivity index (χ0n) is 12.0. The van der Waals surface area contributed by atoms with Gasteiger partial charge in [0.2, 0.25) is 0 Å². The van der Waals surface area contributed by atoms with Crippen LogP contribution in [0.3, 0.4) is 0 Å². The largest absolute Gasteiger partial charge is 0.217 e. The average molecular weight is 257 g/mol. The SMILES string of the molecule is CCCCc1nnn(-c2ccccc2)c1CCCC. The summed E-state index contributed by atoms with van der Waals surface area (Å²) in [5.74, 6) is 0. The van der Waals surface area contributed by atoms with Gasteiger partial charge in [0.25, 0.3) is 0 Å². The van der Waals surface area contributed by atoms with Crippen LogP contribution >= 0.6 is 0 Å². The van der Waals surface area contributed by atoms with E-state index in [2.05, 4.69) is 36.3 Å². The van der Waals surface area contributed by atoms with Crippen LogP contribution in [-0.4, -0.2) is 15.0 Å². The fraction of sp³-hybridized carbons (Fsp3) is 0.500. The van der Waals surface area contributed by atoms with E-state index in [0.29, 0.717) is 0 Å². The van der Waals surface area contributed by atoms with Gasteiger partial charge in [-0.2, -0.15) is 0 Å². The van der Waals surface area contributed by atoms with E-state index in [-0.39, 0.29) is 0 Å². The maximum Gasteiger partial charge on any atom is 0.0863 e. The second-order valence-electron chi connectivity index (χ2n) is 4.94. The van der Waals surface area contributed by atoms with Crippen LogP contribution in [0.2, 0.25) is 0 Å². The van der Waals surface area contributed by atoms with Gasteiger partial charge in [0.1, 0.15) is 0 Å². The van der Waals surface area contributed by atoms with E-state index in [1.54, 1.807) is 0 Å². The van der Waals surface area contributed by atoms with Crippen molar-refractivity contribution in [1.82, 2.24) is 15.0 Å². The topological polar surface area (TPSA) is 30.7 Å². The monoisotopic (exact) mass is 257 g/mol. The predicted octanol–water partition coefficient (Wildman–Crippen LogP) is 3.95. The van der Waals surface area contributed by atoms with Crippen molar-refractivity contribution >= 4 is 0 Å². The van der Waals surface area contributed by atoms with Crippen LogP contribution in [0.1, 0.15) is 50.9 Å². The van der Waals surface area contributed by atoms with Crippen molar-refractivity contribution in [1.29, 1.82) is 0 Å². The molecule has 0 aliphatic heterocycles. The molecule has 3 nitrogen and oxygen atoms in total. The summed E-state index contributed by atoms with van der Waals surface area (Å²) < 4.78 is 2.01. The fourth-order valence-electron chi connectivity index (χ4n) is 2.24. The highest BCUT2D eigenvalue weighted by Gasteiger charge is 2.13. The van der Waals surface area contributed by atoms with Crippen LogP contribution in [-0.2, 0) is 12.8 Å². The summed E-state index contributed by atoms with van der Waals surface area (Å²) in [7, 11) is 0. The standard InChI is InChI=1S/C16H23N3/c1-3-5-12-15-16(13-6-4-2)19(18-17-15)14-10-8-7-9-11-14/h7-11H,3-6,12-13H2,1-2H3. The lowest BCUT2D eigenvalue weighted by molar-refractivity contribution is 0.711. The lowest BCUT2D eigenvalue weighted by Gasteiger charge is -2.07. The maximum absolute atomic E-state index is 4.40. The first kappa shape index (κ1) is 13.8. The van der Waals surface area contributed by atoms with Gasteiger partial charge in [-0.15, -0.1) is 5.10 Å². The molecule has 0 spiro atoms. The quantitative estimate of drug-likeness (QED) is 0.752. The molecule has 1 heterocycles. The molecule has 2 aromatic rings. The maximum atomic E-state index is 4.40. The predicted molar refractivity (Wildman–Crippen MR) is 78.6 cm³/mol. The Hall–Kier alpha value is -1.64. The molecule has 0 aliphatic carbocycles. The highest BCUT2D eigenvalue weighted by Crippen LogP contribution is 2.17. The number of para-hydroxylation sites is 1. The smallest absolute Gasteiger partial charge is 0.0863 e. The Labute approximate surface area is 115 Å². The van der Waals surface area contributed by atoms with Gasteiger partial charge in [0.15, 0.2) is 0 Å². The molecule has 0 fully saturated rings. The number of hydrogen-bond acceptors (Lipinski definition) is 2. The van der Waals surface area contributed by atoms with E-state index in [9.17, 15) is 0 Å². The third-order valence-corrected chi connectivity index (χ3v) is 3.38. The minimum absolute atomic E-state index is 1.04. The van der Waals surface area contributed by atoms with Gasteiger partial charge in [-0.25, -0.2) is 4.68 Å². The summed E-state index contributed by atoms with van der Waals surface area (Å²) in [4.78, 5) is 0. The van der Waals surface area contributed by atoms with Gasteiger partial charge < -0.3 is 0 Å². The second-order valence-corrected chi connectivity index (χ2v) is 4.94. The zero-order chi connectivity index (χ0) is 13.5. The van der Waals surface area contributed by atoms with Crippen molar-refractivity contribution in [2.24, 2.45) is 0 Å². The Morgan fingerprint density at radius 1 is 0.947 bits per heavy atom. The van der Waals surface area contributed by atoms with Crippen LogP contribution in [0.15, 0.2) is 30.3 Å². The number of aromatic nitrogens is 3. The molecule has 0 N–H and O–H groups in total. The van der Waals surface area contributed by atoms with E-state index in [1.807, 2.05) is 22.9 Å². The number of nitrogens with zero attached hydrogens (tertiary/aromatic N) is 3. The van der Waals surface area contributed by atoms with Gasteiger partial charge in [0, 0.05) is 0 Å². The minimum atomic E-state index is 1.04. The van der Waals surface area contributed by atoms with Crippen molar-refractivity contribution in [3.8, 4) is 5.69 Å². The number of rotatable bonds is 7. The molecular formula is C16H23N3. The average Bonchev–Trinajstić information content (AvgIpc) is 2.86. The first-order valence-electron chi connectivity index (χ1n) is 7.35. The second kappa shape index (κ2) is 7.07. The number of aryl methyl sites for hydroxylation is 1. The van der Waals surface area contributed by atoms with Crippen LogP contribution in [0.5, 0.6) is 0 Å². The normalized spacial score (nSPS) is 10.8. The summed E-state index contributed by atoms with van der Waals surface area (Å²) in [5, 5.41) is 8.75. The molecule has 0 aliphatic rings. The first-order chi connectivity index (χ1) is 9.36. The van der Waals surface area contributed by atoms with Crippen LogP contribution in [0.25, 0.3) is 5.69 Å². The van der Waals surface area contributed by atoms with Gasteiger partial charge in [0.05, 0.1) is 17.1 Å². The Bertz CT molecular complexity index is 488. The highest BCUT2D eigenvalue weighted by molar-refractivity contribution is 5.33. The fourth-order valence-corrected chi connectivity index (χ4v) is 2.24. The molecule has 3 heteroatoms. The van der Waals surface area contributed by atoms with Crippen molar-refractivity contribution in [2.75, 3.05) is 0 Å². The molecule has 0 saturated heterocycles. The lowest BCUT2D eigenvalue weighted by Crippen LogP contribution is -2.04.